The van der Waals surface area contributed by atoms with E-state index in [1.165, 1.54) is 0 Å². The van der Waals surface area contributed by atoms with E-state index in [1.54, 1.807) is 0 Å². The predicted octanol–water partition coefficient (Wildman–Crippen LogP) is 1.72. The molecular weight excluding hydrogens is 216 g/mol. The average molecular weight is 238 g/mol. The van der Waals surface area contributed by atoms with Crippen molar-refractivity contribution in [2.45, 2.75) is 46.3 Å². The lowest BCUT2D eigenvalue weighted by Crippen LogP contribution is -2.39. The van der Waals surface area contributed by atoms with E-state index in [-0.39, 0.29) is 11.6 Å². The van der Waals surface area contributed by atoms with Gasteiger partial charge >= 0.3 is 0 Å². The van der Waals surface area contributed by atoms with Crippen molar-refractivity contribution in [3.63, 3.8) is 0 Å². The minimum atomic E-state index is -0.233. The van der Waals surface area contributed by atoms with Crippen LogP contribution in [0.5, 0.6) is 5.88 Å². The van der Waals surface area contributed by atoms with Gasteiger partial charge in [0.1, 0.15) is 0 Å². The van der Waals surface area contributed by atoms with E-state index in [4.69, 9.17) is 10.5 Å². The molecule has 0 spiro atoms. The van der Waals surface area contributed by atoms with Gasteiger partial charge in [-0.2, -0.15) is 4.98 Å². The van der Waals surface area contributed by atoms with Crippen LogP contribution in [0, 0.1) is 6.92 Å². The topological polar surface area (TPSA) is 73.1 Å². The summed E-state index contributed by atoms with van der Waals surface area (Å²) in [6, 6.07) is 1.82. The summed E-state index contributed by atoms with van der Waals surface area (Å²) >= 11 is 0. The molecule has 17 heavy (non-hydrogen) atoms. The van der Waals surface area contributed by atoms with Crippen molar-refractivity contribution in [3.8, 4) is 5.88 Å². The fourth-order valence-electron chi connectivity index (χ4n) is 1.25. The smallest absolute Gasteiger partial charge is 0.226 e. The molecule has 0 amide bonds. The van der Waals surface area contributed by atoms with Crippen molar-refractivity contribution >= 4 is 5.95 Å². The number of aryl methyl sites for hydroxylation is 1. The summed E-state index contributed by atoms with van der Waals surface area (Å²) in [7, 11) is 0. The Labute approximate surface area is 103 Å². The summed E-state index contributed by atoms with van der Waals surface area (Å²) in [5, 5.41) is 3.20. The molecule has 96 valence electrons. The molecule has 1 aromatic heterocycles. The van der Waals surface area contributed by atoms with E-state index in [0.29, 0.717) is 18.4 Å². The Kier molecular flexibility index (Phi) is 4.28. The van der Waals surface area contributed by atoms with Crippen LogP contribution in [-0.4, -0.2) is 28.2 Å². The zero-order valence-corrected chi connectivity index (χ0v) is 11.2. The number of anilines is 1. The Balaban J connectivity index is 2.89. The summed E-state index contributed by atoms with van der Waals surface area (Å²) in [6.45, 7) is 10.4. The molecule has 0 radical (unpaired) electrons. The maximum atomic E-state index is 5.66. The maximum Gasteiger partial charge on any atom is 0.226 e. The van der Waals surface area contributed by atoms with Crippen LogP contribution in [0.2, 0.25) is 0 Å². The standard InChI is InChI=1S/C12H22N4O/c1-8(2)17-10-6-9(3)14-11(15-10)16-12(4,5)7-13/h6,8H,7,13H2,1-5H3,(H,14,15,16). The van der Waals surface area contributed by atoms with Crippen molar-refractivity contribution in [2.24, 2.45) is 5.73 Å². The fourth-order valence-corrected chi connectivity index (χ4v) is 1.25. The molecule has 1 aromatic rings. The lowest BCUT2D eigenvalue weighted by molar-refractivity contribution is 0.232. The summed E-state index contributed by atoms with van der Waals surface area (Å²) in [5.41, 5.74) is 6.30. The van der Waals surface area contributed by atoms with Crippen LogP contribution >= 0.6 is 0 Å². The number of hydrogen-bond donors (Lipinski definition) is 2. The second kappa shape index (κ2) is 5.31. The van der Waals surface area contributed by atoms with Gasteiger partial charge in [0.05, 0.1) is 6.10 Å². The van der Waals surface area contributed by atoms with Crippen molar-refractivity contribution in [1.82, 2.24) is 9.97 Å². The second-order valence-electron chi connectivity index (χ2n) is 5.05. The summed E-state index contributed by atoms with van der Waals surface area (Å²) in [5.74, 6) is 1.14. The maximum absolute atomic E-state index is 5.66. The van der Waals surface area contributed by atoms with Gasteiger partial charge in [-0.1, -0.05) is 0 Å². The van der Waals surface area contributed by atoms with Crippen molar-refractivity contribution in [1.29, 1.82) is 0 Å². The van der Waals surface area contributed by atoms with Gasteiger partial charge in [0, 0.05) is 23.8 Å². The van der Waals surface area contributed by atoms with Gasteiger partial charge in [0.15, 0.2) is 0 Å². The predicted molar refractivity (Wildman–Crippen MR) is 69.3 cm³/mol. The normalized spacial score (nSPS) is 11.7. The van der Waals surface area contributed by atoms with Crippen molar-refractivity contribution < 1.29 is 4.74 Å². The number of hydrogen-bond acceptors (Lipinski definition) is 5. The highest BCUT2D eigenvalue weighted by molar-refractivity contribution is 5.33. The van der Waals surface area contributed by atoms with Gasteiger partial charge in [0.2, 0.25) is 11.8 Å². The lowest BCUT2D eigenvalue weighted by Gasteiger charge is -2.24. The van der Waals surface area contributed by atoms with Gasteiger partial charge in [-0.15, -0.1) is 0 Å². The molecule has 0 aliphatic carbocycles. The first kappa shape index (κ1) is 13.7. The molecule has 1 rings (SSSR count). The van der Waals surface area contributed by atoms with E-state index in [9.17, 15) is 0 Å². The summed E-state index contributed by atoms with van der Waals surface area (Å²) in [4.78, 5) is 8.62. The van der Waals surface area contributed by atoms with Crippen LogP contribution in [-0.2, 0) is 0 Å². The number of aromatic nitrogens is 2. The molecule has 0 saturated heterocycles. The third kappa shape index (κ3) is 4.56. The fraction of sp³-hybridized carbons (Fsp3) is 0.667. The molecule has 5 heteroatoms. The molecule has 1 heterocycles. The summed E-state index contributed by atoms with van der Waals surface area (Å²) < 4.78 is 5.56. The average Bonchev–Trinajstić information content (AvgIpc) is 2.14. The number of nitrogens with one attached hydrogen (secondary N) is 1. The van der Waals surface area contributed by atoms with Crippen LogP contribution < -0.4 is 15.8 Å². The van der Waals surface area contributed by atoms with Gasteiger partial charge in [-0.05, 0) is 34.6 Å². The molecule has 0 saturated carbocycles. The minimum absolute atomic E-state index is 0.0969. The number of nitrogens with zero attached hydrogens (tertiary/aromatic N) is 2. The molecule has 0 atom stereocenters. The SMILES string of the molecule is Cc1cc(OC(C)C)nc(NC(C)(C)CN)n1. The van der Waals surface area contributed by atoms with Crippen LogP contribution in [0.1, 0.15) is 33.4 Å². The monoisotopic (exact) mass is 238 g/mol. The highest BCUT2D eigenvalue weighted by Gasteiger charge is 2.17. The first-order valence-corrected chi connectivity index (χ1v) is 5.83. The molecule has 3 N–H and O–H groups in total. The molecule has 0 aliphatic heterocycles. The second-order valence-corrected chi connectivity index (χ2v) is 5.05. The van der Waals surface area contributed by atoms with Crippen LogP contribution in [0.15, 0.2) is 6.07 Å². The van der Waals surface area contributed by atoms with Crippen LogP contribution in [0.3, 0.4) is 0 Å². The van der Waals surface area contributed by atoms with E-state index in [1.807, 2.05) is 40.7 Å². The number of nitrogens with two attached hydrogens (primary N) is 1. The van der Waals surface area contributed by atoms with Gasteiger partial charge in [-0.3, -0.25) is 0 Å². The van der Waals surface area contributed by atoms with Gasteiger partial charge in [-0.25, -0.2) is 4.98 Å². The third-order valence-electron chi connectivity index (χ3n) is 2.15. The Morgan fingerprint density at radius 2 is 2.06 bits per heavy atom. The quantitative estimate of drug-likeness (QED) is 0.817. The van der Waals surface area contributed by atoms with E-state index >= 15 is 0 Å². The third-order valence-corrected chi connectivity index (χ3v) is 2.15. The Hall–Kier alpha value is -1.36. The van der Waals surface area contributed by atoms with E-state index < -0.39 is 0 Å². The Morgan fingerprint density at radius 1 is 1.41 bits per heavy atom. The van der Waals surface area contributed by atoms with E-state index in [0.717, 1.165) is 5.69 Å². The molecule has 0 unspecified atom stereocenters. The lowest BCUT2D eigenvalue weighted by atomic mass is 10.1. The molecule has 0 bridgehead atoms. The highest BCUT2D eigenvalue weighted by atomic mass is 16.5. The largest absolute Gasteiger partial charge is 0.475 e. The Morgan fingerprint density at radius 3 is 2.59 bits per heavy atom. The van der Waals surface area contributed by atoms with Crippen molar-refractivity contribution in [2.75, 3.05) is 11.9 Å². The van der Waals surface area contributed by atoms with E-state index in [2.05, 4.69) is 15.3 Å². The van der Waals surface area contributed by atoms with Gasteiger partial charge in [0.25, 0.3) is 0 Å². The first-order chi connectivity index (χ1) is 7.82. The van der Waals surface area contributed by atoms with Gasteiger partial charge < -0.3 is 15.8 Å². The molecule has 0 fully saturated rings. The number of rotatable bonds is 5. The molecule has 0 aromatic carbocycles. The highest BCUT2D eigenvalue weighted by Crippen LogP contribution is 2.16. The minimum Gasteiger partial charge on any atom is -0.475 e. The van der Waals surface area contributed by atoms with Crippen molar-refractivity contribution in [3.05, 3.63) is 11.8 Å². The molecular formula is C12H22N4O. The number of ether oxygens (including phenoxy) is 1. The summed E-state index contributed by atoms with van der Waals surface area (Å²) in [6.07, 6.45) is 0.0969. The first-order valence-electron chi connectivity index (χ1n) is 5.83. The zero-order chi connectivity index (χ0) is 13.1. The molecule has 0 aliphatic rings. The van der Waals surface area contributed by atoms with Crippen LogP contribution in [0.4, 0.5) is 5.95 Å². The van der Waals surface area contributed by atoms with Crippen LogP contribution in [0.25, 0.3) is 0 Å². The Bertz CT molecular complexity index is 377. The molecule has 5 nitrogen and oxygen atoms in total. The zero-order valence-electron chi connectivity index (χ0n) is 11.2.